The Balaban J connectivity index is 2.15. The van der Waals surface area contributed by atoms with Gasteiger partial charge in [0.2, 0.25) is 0 Å². The molecule has 2 aromatic rings. The third-order valence-corrected chi connectivity index (χ3v) is 3.66. The zero-order chi connectivity index (χ0) is 17.0. The molecule has 0 saturated heterocycles. The molecule has 1 amide bonds. The van der Waals surface area contributed by atoms with Gasteiger partial charge in [-0.1, -0.05) is 12.1 Å². The van der Waals surface area contributed by atoms with Gasteiger partial charge in [-0.3, -0.25) is 9.78 Å². The van der Waals surface area contributed by atoms with Crippen LogP contribution in [0.1, 0.15) is 39.4 Å². The Morgan fingerprint density at radius 3 is 2.35 bits per heavy atom. The summed E-state index contributed by atoms with van der Waals surface area (Å²) in [7, 11) is 2.92. The number of hydrogen-bond donors (Lipinski definition) is 0. The second-order valence-corrected chi connectivity index (χ2v) is 5.07. The van der Waals surface area contributed by atoms with Crippen LogP contribution in [0.2, 0.25) is 0 Å². The molecule has 5 nitrogen and oxygen atoms in total. The highest BCUT2D eigenvalue weighted by atomic mass is 19.1. The lowest BCUT2D eigenvalue weighted by Gasteiger charge is -2.25. The molecule has 0 saturated carbocycles. The third kappa shape index (κ3) is 3.71. The number of ether oxygens (including phenoxy) is 1. The Bertz CT molecular complexity index is 699. The third-order valence-electron chi connectivity index (χ3n) is 3.66. The van der Waals surface area contributed by atoms with Crippen molar-refractivity contribution in [2.24, 2.45) is 0 Å². The van der Waals surface area contributed by atoms with Crippen molar-refractivity contribution in [3.63, 3.8) is 0 Å². The van der Waals surface area contributed by atoms with Gasteiger partial charge in [-0.2, -0.15) is 0 Å². The van der Waals surface area contributed by atoms with Gasteiger partial charge >= 0.3 is 5.97 Å². The van der Waals surface area contributed by atoms with Crippen LogP contribution in [0, 0.1) is 5.82 Å². The molecule has 0 aliphatic carbocycles. The van der Waals surface area contributed by atoms with Crippen molar-refractivity contribution in [1.82, 2.24) is 9.88 Å². The summed E-state index contributed by atoms with van der Waals surface area (Å²) in [5.41, 5.74) is 1.31. The molecule has 0 fully saturated rings. The molecule has 0 bridgehead atoms. The molecule has 0 radical (unpaired) electrons. The van der Waals surface area contributed by atoms with Gasteiger partial charge in [0.25, 0.3) is 5.91 Å². The molecule has 6 heteroatoms. The lowest BCUT2D eigenvalue weighted by molar-refractivity contribution is 0.0598. The number of pyridine rings is 1. The van der Waals surface area contributed by atoms with Crippen LogP contribution in [0.4, 0.5) is 4.39 Å². The highest BCUT2D eigenvalue weighted by molar-refractivity contribution is 5.94. The molecule has 0 spiro atoms. The molecular formula is C17H17FN2O3. The number of nitrogens with zero attached hydrogens (tertiary/aromatic N) is 2. The number of carbonyl (C=O) groups excluding carboxylic acids is 2. The fourth-order valence-corrected chi connectivity index (χ4v) is 2.08. The first-order chi connectivity index (χ1) is 10.9. The van der Waals surface area contributed by atoms with E-state index in [4.69, 9.17) is 0 Å². The van der Waals surface area contributed by atoms with E-state index in [1.165, 1.54) is 42.5 Å². The van der Waals surface area contributed by atoms with Gasteiger partial charge in [0.05, 0.1) is 18.7 Å². The lowest BCUT2D eigenvalue weighted by atomic mass is 10.1. The quantitative estimate of drug-likeness (QED) is 0.814. The van der Waals surface area contributed by atoms with E-state index in [1.54, 1.807) is 19.2 Å². The highest BCUT2D eigenvalue weighted by Crippen LogP contribution is 2.20. The van der Waals surface area contributed by atoms with Gasteiger partial charge in [0.1, 0.15) is 11.5 Å². The van der Waals surface area contributed by atoms with Crippen LogP contribution in [0.3, 0.4) is 0 Å². The van der Waals surface area contributed by atoms with Crippen LogP contribution < -0.4 is 0 Å². The first-order valence-electron chi connectivity index (χ1n) is 7.01. The van der Waals surface area contributed by atoms with Gasteiger partial charge < -0.3 is 9.64 Å². The summed E-state index contributed by atoms with van der Waals surface area (Å²) in [4.78, 5) is 29.3. The maximum Gasteiger partial charge on any atom is 0.339 e. The first kappa shape index (κ1) is 16.6. The van der Waals surface area contributed by atoms with Crippen molar-refractivity contribution in [2.45, 2.75) is 13.0 Å². The Labute approximate surface area is 133 Å². The average Bonchev–Trinajstić information content (AvgIpc) is 2.60. The molecule has 0 aliphatic heterocycles. The summed E-state index contributed by atoms with van der Waals surface area (Å²) in [6.07, 6.45) is 1.30. The normalized spacial score (nSPS) is 11.7. The standard InChI is InChI=1S/C17H17FN2O3/c1-11(12-4-7-14(18)8-5-12)20(2)16(21)15-9-6-13(10-19-15)17(22)23-3/h4-11H,1-3H3. The fraction of sp³-hybridized carbons (Fsp3) is 0.235. The largest absolute Gasteiger partial charge is 0.465 e. The summed E-state index contributed by atoms with van der Waals surface area (Å²) in [6, 6.07) is 8.70. The summed E-state index contributed by atoms with van der Waals surface area (Å²) in [5.74, 6) is -1.13. The minimum Gasteiger partial charge on any atom is -0.465 e. The first-order valence-corrected chi connectivity index (χ1v) is 7.01. The van der Waals surface area contributed by atoms with E-state index < -0.39 is 5.97 Å². The molecule has 2 rings (SSSR count). The van der Waals surface area contributed by atoms with Crippen molar-refractivity contribution in [3.05, 3.63) is 65.2 Å². The van der Waals surface area contributed by atoms with Gasteiger partial charge in [-0.05, 0) is 36.8 Å². The molecule has 0 N–H and O–H groups in total. The maximum absolute atomic E-state index is 13.0. The SMILES string of the molecule is COC(=O)c1ccc(C(=O)N(C)C(C)c2ccc(F)cc2)nc1. The fourth-order valence-electron chi connectivity index (χ4n) is 2.08. The van der Waals surface area contributed by atoms with Crippen molar-refractivity contribution < 1.29 is 18.7 Å². The molecule has 1 heterocycles. The van der Waals surface area contributed by atoms with E-state index in [0.29, 0.717) is 0 Å². The number of carbonyl (C=O) groups is 2. The number of methoxy groups -OCH3 is 1. The van der Waals surface area contributed by atoms with Crippen LogP contribution >= 0.6 is 0 Å². The molecule has 0 aliphatic rings. The summed E-state index contributed by atoms with van der Waals surface area (Å²) in [5, 5.41) is 0. The molecule has 1 aromatic heterocycles. The molecule has 120 valence electrons. The predicted molar refractivity (Wildman–Crippen MR) is 82.5 cm³/mol. The summed E-state index contributed by atoms with van der Waals surface area (Å²) < 4.78 is 17.6. The maximum atomic E-state index is 13.0. The van der Waals surface area contributed by atoms with Crippen LogP contribution in [-0.2, 0) is 4.74 Å². The number of esters is 1. The zero-order valence-corrected chi connectivity index (χ0v) is 13.1. The zero-order valence-electron chi connectivity index (χ0n) is 13.1. The van der Waals surface area contributed by atoms with Crippen LogP contribution in [0.25, 0.3) is 0 Å². The van der Waals surface area contributed by atoms with Crippen molar-refractivity contribution in [3.8, 4) is 0 Å². The number of hydrogen-bond acceptors (Lipinski definition) is 4. The molecule has 23 heavy (non-hydrogen) atoms. The van der Waals surface area contributed by atoms with Crippen LogP contribution in [0.5, 0.6) is 0 Å². The van der Waals surface area contributed by atoms with Gasteiger partial charge in [-0.15, -0.1) is 0 Å². The molecular weight excluding hydrogens is 299 g/mol. The van der Waals surface area contributed by atoms with Crippen molar-refractivity contribution in [1.29, 1.82) is 0 Å². The van der Waals surface area contributed by atoms with E-state index in [0.717, 1.165) is 5.56 Å². The lowest BCUT2D eigenvalue weighted by Crippen LogP contribution is -2.30. The summed E-state index contributed by atoms with van der Waals surface area (Å²) >= 11 is 0. The minimum absolute atomic E-state index is 0.217. The number of aromatic nitrogens is 1. The summed E-state index contributed by atoms with van der Waals surface area (Å²) in [6.45, 7) is 1.84. The monoisotopic (exact) mass is 316 g/mol. The average molecular weight is 316 g/mol. The molecule has 1 unspecified atom stereocenters. The molecule has 1 aromatic carbocycles. The van der Waals surface area contributed by atoms with Gasteiger partial charge in [0.15, 0.2) is 0 Å². The van der Waals surface area contributed by atoms with E-state index in [-0.39, 0.29) is 29.0 Å². The second-order valence-electron chi connectivity index (χ2n) is 5.07. The Hall–Kier alpha value is -2.76. The predicted octanol–water partition coefficient (Wildman–Crippen LogP) is 2.84. The van der Waals surface area contributed by atoms with Crippen molar-refractivity contribution in [2.75, 3.05) is 14.2 Å². The minimum atomic E-state index is -0.510. The van der Waals surface area contributed by atoms with Crippen LogP contribution in [-0.4, -0.2) is 35.9 Å². The van der Waals surface area contributed by atoms with Crippen LogP contribution in [0.15, 0.2) is 42.6 Å². The van der Waals surface area contributed by atoms with E-state index >= 15 is 0 Å². The van der Waals surface area contributed by atoms with E-state index in [2.05, 4.69) is 9.72 Å². The van der Waals surface area contributed by atoms with Gasteiger partial charge in [0, 0.05) is 13.2 Å². The molecule has 1 atom stereocenters. The highest BCUT2D eigenvalue weighted by Gasteiger charge is 2.20. The van der Waals surface area contributed by atoms with Gasteiger partial charge in [-0.25, -0.2) is 9.18 Å². The topological polar surface area (TPSA) is 59.5 Å². The van der Waals surface area contributed by atoms with E-state index in [1.807, 2.05) is 6.92 Å². The van der Waals surface area contributed by atoms with E-state index in [9.17, 15) is 14.0 Å². The Kier molecular flexibility index (Phi) is 5.05. The van der Waals surface area contributed by atoms with Crippen molar-refractivity contribution >= 4 is 11.9 Å². The number of halogens is 1. The number of rotatable bonds is 4. The number of benzene rings is 1. The Morgan fingerprint density at radius 1 is 1.17 bits per heavy atom. The smallest absolute Gasteiger partial charge is 0.339 e. The number of amides is 1. The Morgan fingerprint density at radius 2 is 1.83 bits per heavy atom. The second kappa shape index (κ2) is 7.00.